The summed E-state index contributed by atoms with van der Waals surface area (Å²) in [4.78, 5) is 54.1. The van der Waals surface area contributed by atoms with Crippen molar-refractivity contribution < 1.29 is 38.5 Å². The lowest BCUT2D eigenvalue weighted by Gasteiger charge is -2.46. The molecule has 2 bridgehead atoms. The second-order valence-corrected chi connectivity index (χ2v) is 15.2. The van der Waals surface area contributed by atoms with Crippen molar-refractivity contribution in [3.05, 3.63) is 47.1 Å². The lowest BCUT2D eigenvalue weighted by molar-refractivity contribution is -0.162. The van der Waals surface area contributed by atoms with E-state index in [0.717, 1.165) is 11.1 Å². The molecular formula is C35H42O8. The molecule has 4 fully saturated rings. The maximum atomic E-state index is 14.7. The third-order valence-corrected chi connectivity index (χ3v) is 12.6. The first-order valence-corrected chi connectivity index (χ1v) is 15.7. The van der Waals surface area contributed by atoms with E-state index in [-0.39, 0.29) is 36.4 Å². The summed E-state index contributed by atoms with van der Waals surface area (Å²) in [5.41, 5.74) is -1.47. The Morgan fingerprint density at radius 1 is 1.14 bits per heavy atom. The third kappa shape index (κ3) is 3.36. The van der Waals surface area contributed by atoms with Crippen molar-refractivity contribution in [1.82, 2.24) is 0 Å². The highest BCUT2D eigenvalue weighted by molar-refractivity contribution is 6.09. The van der Waals surface area contributed by atoms with Gasteiger partial charge in [0.2, 0.25) is 0 Å². The topological polar surface area (TPSA) is 116 Å². The molecule has 43 heavy (non-hydrogen) atoms. The predicted molar refractivity (Wildman–Crippen MR) is 155 cm³/mol. The van der Waals surface area contributed by atoms with Crippen LogP contribution in [0, 0.1) is 45.8 Å². The number of hydrogen-bond acceptors (Lipinski definition) is 8. The van der Waals surface area contributed by atoms with Crippen LogP contribution in [0.25, 0.3) is 0 Å². The SMILES string of the molecule is C=C1C(=O)O[C@H]2[C@H]1CC[C@@](C)(O)[C@]13C=C[C@@](C)([C@H]21)[C@@]1(C3)C(=O)O[C@@H]2[C@H]3C(C)=CC(=O)C3=C(C)C[C@H](OC(=O)CC(C)C)[C@H]21. The number of allylic oxidation sites excluding steroid dienone is 2. The van der Waals surface area contributed by atoms with Gasteiger partial charge in [0.05, 0.1) is 16.9 Å². The van der Waals surface area contributed by atoms with Crippen LogP contribution in [0.4, 0.5) is 0 Å². The number of ketones is 1. The largest absolute Gasteiger partial charge is 0.462 e. The minimum Gasteiger partial charge on any atom is -0.462 e. The summed E-state index contributed by atoms with van der Waals surface area (Å²) in [5, 5.41) is 12.3. The summed E-state index contributed by atoms with van der Waals surface area (Å²) in [6, 6.07) is 0. The van der Waals surface area contributed by atoms with E-state index in [9.17, 15) is 24.3 Å². The first-order chi connectivity index (χ1) is 20.1. The molecule has 2 saturated heterocycles. The van der Waals surface area contributed by atoms with Gasteiger partial charge in [-0.2, -0.15) is 0 Å². The van der Waals surface area contributed by atoms with Crippen molar-refractivity contribution in [2.45, 2.75) is 97.6 Å². The molecule has 1 spiro atoms. The van der Waals surface area contributed by atoms with Gasteiger partial charge in [0.15, 0.2) is 5.78 Å². The van der Waals surface area contributed by atoms with E-state index in [1.165, 1.54) is 0 Å². The van der Waals surface area contributed by atoms with Crippen LogP contribution in [-0.4, -0.2) is 52.7 Å². The van der Waals surface area contributed by atoms with Gasteiger partial charge in [-0.1, -0.05) is 50.6 Å². The second-order valence-electron chi connectivity index (χ2n) is 15.2. The van der Waals surface area contributed by atoms with Gasteiger partial charge in [-0.25, -0.2) is 4.79 Å². The molecule has 7 aliphatic rings. The Labute approximate surface area is 252 Å². The number of fused-ring (bicyclic) bond motifs is 6. The minimum absolute atomic E-state index is 0.0840. The van der Waals surface area contributed by atoms with Crippen LogP contribution in [-0.2, 0) is 33.4 Å². The van der Waals surface area contributed by atoms with E-state index < -0.39 is 69.9 Å². The first kappa shape index (κ1) is 28.8. The Balaban J connectivity index is 1.42. The van der Waals surface area contributed by atoms with E-state index in [2.05, 4.69) is 12.7 Å². The van der Waals surface area contributed by atoms with E-state index in [1.807, 2.05) is 47.6 Å². The number of carbonyl (C=O) groups is 4. The predicted octanol–water partition coefficient (Wildman–Crippen LogP) is 4.56. The second kappa shape index (κ2) is 8.80. The highest BCUT2D eigenvalue weighted by atomic mass is 16.6. The zero-order valence-electron chi connectivity index (χ0n) is 25.9. The van der Waals surface area contributed by atoms with Gasteiger partial charge < -0.3 is 19.3 Å². The summed E-state index contributed by atoms with van der Waals surface area (Å²) in [6.45, 7) is 15.6. The van der Waals surface area contributed by atoms with Gasteiger partial charge in [0, 0.05) is 52.6 Å². The van der Waals surface area contributed by atoms with Crippen molar-refractivity contribution in [2.24, 2.45) is 45.8 Å². The highest BCUT2D eigenvalue weighted by Gasteiger charge is 2.84. The molecule has 8 heteroatoms. The van der Waals surface area contributed by atoms with Crippen LogP contribution in [0.3, 0.4) is 0 Å². The smallest absolute Gasteiger partial charge is 0.334 e. The molecule has 2 saturated carbocycles. The molecule has 2 aliphatic heterocycles. The fourth-order valence-corrected chi connectivity index (χ4v) is 10.7. The van der Waals surface area contributed by atoms with Crippen LogP contribution in [0.15, 0.2) is 47.1 Å². The monoisotopic (exact) mass is 590 g/mol. The Hall–Kier alpha value is -3.00. The molecule has 0 unspecified atom stereocenters. The summed E-state index contributed by atoms with van der Waals surface area (Å²) < 4.78 is 18.8. The van der Waals surface area contributed by atoms with Gasteiger partial charge in [0.1, 0.15) is 18.3 Å². The number of rotatable bonds is 3. The number of aliphatic hydroxyl groups is 1. The molecule has 7 rings (SSSR count). The van der Waals surface area contributed by atoms with Crippen LogP contribution in [0.1, 0.15) is 73.6 Å². The fraction of sp³-hybridized carbons (Fsp3) is 0.657. The van der Waals surface area contributed by atoms with Crippen LogP contribution < -0.4 is 0 Å². The molecule has 11 atom stereocenters. The molecule has 8 nitrogen and oxygen atoms in total. The van der Waals surface area contributed by atoms with Gasteiger partial charge >= 0.3 is 17.9 Å². The average molecular weight is 591 g/mol. The van der Waals surface area contributed by atoms with E-state index in [0.29, 0.717) is 30.4 Å². The molecule has 0 amide bonds. The van der Waals surface area contributed by atoms with E-state index in [4.69, 9.17) is 14.2 Å². The fourth-order valence-electron chi connectivity index (χ4n) is 10.7. The molecule has 0 aromatic rings. The molecule has 2 heterocycles. The summed E-state index contributed by atoms with van der Waals surface area (Å²) in [6.07, 6.45) is 5.52. The van der Waals surface area contributed by atoms with Gasteiger partial charge in [-0.15, -0.1) is 0 Å². The average Bonchev–Trinajstić information content (AvgIpc) is 3.57. The molecular weight excluding hydrogens is 548 g/mol. The normalized spacial score (nSPS) is 47.6. The van der Waals surface area contributed by atoms with Crippen molar-refractivity contribution in [3.8, 4) is 0 Å². The van der Waals surface area contributed by atoms with Gasteiger partial charge in [-0.05, 0) is 52.0 Å². The first-order valence-electron chi connectivity index (χ1n) is 15.7. The van der Waals surface area contributed by atoms with E-state index in [1.54, 1.807) is 6.08 Å². The summed E-state index contributed by atoms with van der Waals surface area (Å²) >= 11 is 0. The number of esters is 3. The van der Waals surface area contributed by atoms with E-state index >= 15 is 0 Å². The third-order valence-electron chi connectivity index (χ3n) is 12.6. The van der Waals surface area contributed by atoms with Crippen LogP contribution in [0.2, 0.25) is 0 Å². The lowest BCUT2D eigenvalue weighted by atomic mass is 9.54. The van der Waals surface area contributed by atoms with Crippen molar-refractivity contribution in [2.75, 3.05) is 0 Å². The maximum Gasteiger partial charge on any atom is 0.334 e. The maximum absolute atomic E-state index is 14.7. The van der Waals surface area contributed by atoms with Crippen molar-refractivity contribution in [3.63, 3.8) is 0 Å². The summed E-state index contributed by atoms with van der Waals surface area (Å²) in [5.74, 6) is -2.87. The van der Waals surface area contributed by atoms with Crippen LogP contribution >= 0.6 is 0 Å². The molecule has 230 valence electrons. The number of carbonyl (C=O) groups excluding carboxylic acids is 4. The molecule has 0 aromatic carbocycles. The zero-order chi connectivity index (χ0) is 31.0. The van der Waals surface area contributed by atoms with Crippen molar-refractivity contribution >= 4 is 23.7 Å². The quantitative estimate of drug-likeness (QED) is 0.220. The molecule has 0 aromatic heterocycles. The summed E-state index contributed by atoms with van der Waals surface area (Å²) in [7, 11) is 0. The Bertz CT molecular complexity index is 1480. The Morgan fingerprint density at radius 2 is 1.86 bits per heavy atom. The van der Waals surface area contributed by atoms with Gasteiger partial charge in [-0.3, -0.25) is 14.4 Å². The minimum atomic E-state index is -1.21. The molecule has 0 radical (unpaired) electrons. The number of hydrogen-bond donors (Lipinski definition) is 1. The Kier molecular flexibility index (Phi) is 5.88. The number of ether oxygens (including phenoxy) is 3. The highest BCUT2D eigenvalue weighted by Crippen LogP contribution is 2.80. The molecule has 5 aliphatic carbocycles. The standard InChI is InChI=1S/C35H42O8/c1-16(2)12-23(37)41-22-14-18(4)24-21(36)13-17(3)25(24)28-26(22)35(31(39)43-28)15-34-11-10-32(35,6)29(34)27-20(8-9-33(34,7)40)19(5)30(38)42-27/h10-11,13,16,20,22,25-29,40H,5,8-9,12,14-15H2,1-4,6-7H3/t20-,22-,25-,26+,27-,28+,29-,32-,33+,34-,35+/m0/s1. The molecule has 1 N–H and O–H groups in total. The van der Waals surface area contributed by atoms with Gasteiger partial charge in [0.25, 0.3) is 0 Å². The van der Waals surface area contributed by atoms with Crippen LogP contribution in [0.5, 0.6) is 0 Å². The van der Waals surface area contributed by atoms with Crippen molar-refractivity contribution in [1.29, 1.82) is 0 Å². The lowest BCUT2D eigenvalue weighted by Crippen LogP contribution is -2.53. The zero-order valence-corrected chi connectivity index (χ0v) is 25.9. The Morgan fingerprint density at radius 3 is 2.56 bits per heavy atom.